The Kier molecular flexibility index (Phi) is 3.59. The second-order valence-electron chi connectivity index (χ2n) is 4.29. The first kappa shape index (κ1) is 10.5. The van der Waals surface area contributed by atoms with Gasteiger partial charge in [0, 0.05) is 11.4 Å². The fourth-order valence-corrected chi connectivity index (χ4v) is 2.37. The van der Waals surface area contributed by atoms with Gasteiger partial charge in [-0.2, -0.15) is 0 Å². The lowest BCUT2D eigenvalue weighted by Crippen LogP contribution is -2.36. The first-order valence-corrected chi connectivity index (χ1v) is 5.75. The van der Waals surface area contributed by atoms with E-state index in [1.807, 2.05) is 0 Å². The third-order valence-electron chi connectivity index (χ3n) is 2.64. The molecule has 1 rings (SSSR count). The maximum absolute atomic E-state index is 5.67. The number of rotatable bonds is 2. The van der Waals surface area contributed by atoms with Crippen LogP contribution in [0.4, 0.5) is 0 Å². The smallest absolute Gasteiger partial charge is 0.0629 e. The number of hydrogen-bond donors (Lipinski definition) is 0. The predicted molar refractivity (Wildman–Crippen MR) is 55.8 cm³/mol. The summed E-state index contributed by atoms with van der Waals surface area (Å²) in [5.74, 6) is 0.804. The maximum atomic E-state index is 5.67. The summed E-state index contributed by atoms with van der Waals surface area (Å²) in [5.41, 5.74) is 0.101. The van der Waals surface area contributed by atoms with Crippen LogP contribution >= 0.6 is 15.9 Å². The van der Waals surface area contributed by atoms with Crippen molar-refractivity contribution in [3.63, 3.8) is 0 Å². The van der Waals surface area contributed by atoms with Crippen LogP contribution in [0.1, 0.15) is 40.0 Å². The quantitative estimate of drug-likeness (QED) is 0.667. The lowest BCUT2D eigenvalue weighted by molar-refractivity contribution is -0.0722. The minimum atomic E-state index is 0.101. The normalized spacial score (nSPS) is 31.5. The molecule has 0 aromatic rings. The monoisotopic (exact) mass is 234 g/mol. The first-order chi connectivity index (χ1) is 5.55. The van der Waals surface area contributed by atoms with Gasteiger partial charge in [0.1, 0.15) is 0 Å². The molecule has 1 nitrogen and oxygen atoms in total. The highest BCUT2D eigenvalue weighted by atomic mass is 79.9. The molecule has 0 bridgehead atoms. The summed E-state index contributed by atoms with van der Waals surface area (Å²) in [4.78, 5) is 0.681. The van der Waals surface area contributed by atoms with Crippen molar-refractivity contribution in [2.75, 3.05) is 6.61 Å². The Balaban J connectivity index is 2.46. The Morgan fingerprint density at radius 2 is 2.25 bits per heavy atom. The summed E-state index contributed by atoms with van der Waals surface area (Å²) >= 11 is 3.73. The molecule has 0 N–H and O–H groups in total. The van der Waals surface area contributed by atoms with E-state index in [1.165, 1.54) is 19.3 Å². The van der Waals surface area contributed by atoms with Crippen molar-refractivity contribution < 1.29 is 4.74 Å². The zero-order valence-electron chi connectivity index (χ0n) is 8.27. The molecule has 1 aliphatic heterocycles. The molecule has 0 spiro atoms. The van der Waals surface area contributed by atoms with E-state index in [9.17, 15) is 0 Å². The molecule has 1 aliphatic rings. The van der Waals surface area contributed by atoms with Crippen molar-refractivity contribution in [2.24, 2.45) is 5.92 Å². The van der Waals surface area contributed by atoms with Gasteiger partial charge in [0.15, 0.2) is 0 Å². The Bertz CT molecular complexity index is 145. The van der Waals surface area contributed by atoms with Crippen LogP contribution < -0.4 is 0 Å². The molecule has 1 saturated heterocycles. The number of halogens is 1. The van der Waals surface area contributed by atoms with E-state index in [0.717, 1.165) is 12.5 Å². The SMILES string of the molecule is CCC(Br)C1CCOC(C)(C)C1. The molecule has 2 heteroatoms. The second-order valence-corrected chi connectivity index (χ2v) is 5.46. The number of hydrogen-bond acceptors (Lipinski definition) is 1. The van der Waals surface area contributed by atoms with Crippen LogP contribution in [-0.2, 0) is 4.74 Å². The summed E-state index contributed by atoms with van der Waals surface area (Å²) in [6.45, 7) is 7.55. The Hall–Kier alpha value is 0.440. The molecule has 0 aliphatic carbocycles. The Labute approximate surface area is 84.0 Å². The van der Waals surface area contributed by atoms with Crippen LogP contribution in [0.5, 0.6) is 0 Å². The molecule has 12 heavy (non-hydrogen) atoms. The molecule has 0 saturated carbocycles. The van der Waals surface area contributed by atoms with Gasteiger partial charge < -0.3 is 4.74 Å². The molecule has 0 aromatic carbocycles. The van der Waals surface area contributed by atoms with Crippen LogP contribution in [0.2, 0.25) is 0 Å². The topological polar surface area (TPSA) is 9.23 Å². The summed E-state index contributed by atoms with van der Waals surface area (Å²) in [6, 6.07) is 0. The average Bonchev–Trinajstić information content (AvgIpc) is 2.01. The van der Waals surface area contributed by atoms with Crippen LogP contribution in [0.3, 0.4) is 0 Å². The predicted octanol–water partition coefficient (Wildman–Crippen LogP) is 3.37. The Morgan fingerprint density at radius 3 is 2.75 bits per heavy atom. The minimum absolute atomic E-state index is 0.101. The molecular weight excluding hydrogens is 216 g/mol. The van der Waals surface area contributed by atoms with E-state index >= 15 is 0 Å². The molecule has 0 radical (unpaired) electrons. The maximum Gasteiger partial charge on any atom is 0.0629 e. The van der Waals surface area contributed by atoms with Crippen molar-refractivity contribution in [3.05, 3.63) is 0 Å². The molecule has 0 amide bonds. The largest absolute Gasteiger partial charge is 0.376 e. The Morgan fingerprint density at radius 1 is 1.58 bits per heavy atom. The van der Waals surface area contributed by atoms with Gasteiger partial charge in [-0.05, 0) is 39.0 Å². The molecule has 1 heterocycles. The van der Waals surface area contributed by atoms with Crippen molar-refractivity contribution in [3.8, 4) is 0 Å². The van der Waals surface area contributed by atoms with Gasteiger partial charge in [-0.1, -0.05) is 22.9 Å². The molecule has 2 unspecified atom stereocenters. The van der Waals surface area contributed by atoms with E-state index in [4.69, 9.17) is 4.74 Å². The second kappa shape index (κ2) is 4.10. The highest BCUT2D eigenvalue weighted by molar-refractivity contribution is 9.09. The van der Waals surface area contributed by atoms with Crippen molar-refractivity contribution in [1.29, 1.82) is 0 Å². The molecule has 1 fully saturated rings. The van der Waals surface area contributed by atoms with Crippen molar-refractivity contribution in [2.45, 2.75) is 50.5 Å². The van der Waals surface area contributed by atoms with Crippen LogP contribution in [0.25, 0.3) is 0 Å². The number of ether oxygens (including phenoxy) is 1. The first-order valence-electron chi connectivity index (χ1n) is 4.83. The molecule has 0 aromatic heterocycles. The van der Waals surface area contributed by atoms with E-state index in [0.29, 0.717) is 4.83 Å². The highest BCUT2D eigenvalue weighted by Gasteiger charge is 2.31. The van der Waals surface area contributed by atoms with Gasteiger partial charge in [-0.15, -0.1) is 0 Å². The van der Waals surface area contributed by atoms with E-state index in [-0.39, 0.29) is 5.60 Å². The summed E-state index contributed by atoms with van der Waals surface area (Å²) in [7, 11) is 0. The van der Waals surface area contributed by atoms with Gasteiger partial charge in [-0.25, -0.2) is 0 Å². The fraction of sp³-hybridized carbons (Fsp3) is 1.00. The molecule has 72 valence electrons. The zero-order valence-corrected chi connectivity index (χ0v) is 9.86. The number of alkyl halides is 1. The summed E-state index contributed by atoms with van der Waals surface area (Å²) < 4.78 is 5.67. The van der Waals surface area contributed by atoms with Gasteiger partial charge in [-0.3, -0.25) is 0 Å². The zero-order chi connectivity index (χ0) is 9.19. The van der Waals surface area contributed by atoms with E-state index < -0.39 is 0 Å². The van der Waals surface area contributed by atoms with Gasteiger partial charge >= 0.3 is 0 Å². The fourth-order valence-electron chi connectivity index (χ4n) is 1.92. The summed E-state index contributed by atoms with van der Waals surface area (Å²) in [6.07, 6.45) is 3.63. The highest BCUT2D eigenvalue weighted by Crippen LogP contribution is 2.34. The van der Waals surface area contributed by atoms with Crippen LogP contribution in [-0.4, -0.2) is 17.0 Å². The van der Waals surface area contributed by atoms with Crippen LogP contribution in [0.15, 0.2) is 0 Å². The van der Waals surface area contributed by atoms with Gasteiger partial charge in [0.05, 0.1) is 5.60 Å². The summed E-state index contributed by atoms with van der Waals surface area (Å²) in [5, 5.41) is 0. The molecule has 2 atom stereocenters. The van der Waals surface area contributed by atoms with Crippen molar-refractivity contribution in [1.82, 2.24) is 0 Å². The van der Waals surface area contributed by atoms with Gasteiger partial charge in [0.25, 0.3) is 0 Å². The average molecular weight is 235 g/mol. The van der Waals surface area contributed by atoms with Crippen LogP contribution in [0, 0.1) is 5.92 Å². The molecular formula is C10H19BrO. The van der Waals surface area contributed by atoms with Gasteiger partial charge in [0.2, 0.25) is 0 Å². The minimum Gasteiger partial charge on any atom is -0.376 e. The van der Waals surface area contributed by atoms with E-state index in [1.54, 1.807) is 0 Å². The third-order valence-corrected chi connectivity index (χ3v) is 4.03. The third kappa shape index (κ3) is 2.74. The lowest BCUT2D eigenvalue weighted by Gasteiger charge is -2.37. The van der Waals surface area contributed by atoms with Crippen molar-refractivity contribution >= 4 is 15.9 Å². The lowest BCUT2D eigenvalue weighted by atomic mass is 9.85. The standard InChI is InChI=1S/C10H19BrO/c1-4-9(11)8-5-6-12-10(2,3)7-8/h8-9H,4-7H2,1-3H3. The van der Waals surface area contributed by atoms with E-state index in [2.05, 4.69) is 36.7 Å².